The van der Waals surface area contributed by atoms with Crippen LogP contribution >= 0.6 is 15.9 Å². The van der Waals surface area contributed by atoms with Gasteiger partial charge in [-0.2, -0.15) is 0 Å². The van der Waals surface area contributed by atoms with Crippen molar-refractivity contribution >= 4 is 15.9 Å². The number of hydrogen-bond acceptors (Lipinski definition) is 2. The molecule has 1 fully saturated rings. The molecule has 0 unspecified atom stereocenters. The van der Waals surface area contributed by atoms with E-state index >= 15 is 0 Å². The van der Waals surface area contributed by atoms with Crippen molar-refractivity contribution in [3.63, 3.8) is 0 Å². The largest absolute Gasteiger partial charge is 0.309 e. The molecule has 2 rings (SSSR count). The fraction of sp³-hybridized carbons (Fsp3) is 0.600. The summed E-state index contributed by atoms with van der Waals surface area (Å²) in [6.07, 6.45) is 2.03. The van der Waals surface area contributed by atoms with E-state index in [-0.39, 0.29) is 11.1 Å². The maximum Gasteiger partial charge on any atom is 0.144 e. The summed E-state index contributed by atoms with van der Waals surface area (Å²) in [5.74, 6) is -0.954. The van der Waals surface area contributed by atoms with E-state index < -0.39 is 11.6 Å². The van der Waals surface area contributed by atoms with Gasteiger partial charge in [0.05, 0.1) is 4.47 Å². The molecule has 1 saturated heterocycles. The normalized spacial score (nSPS) is 19.2. The van der Waals surface area contributed by atoms with E-state index in [0.29, 0.717) is 11.0 Å². The van der Waals surface area contributed by atoms with E-state index in [1.807, 2.05) is 0 Å². The summed E-state index contributed by atoms with van der Waals surface area (Å²) in [5, 5.41) is 3.55. The van der Waals surface area contributed by atoms with Gasteiger partial charge in [-0.05, 0) is 40.9 Å². The Labute approximate surface area is 127 Å². The molecule has 2 nitrogen and oxygen atoms in total. The Balaban J connectivity index is 2.16. The molecule has 1 aromatic rings. The predicted molar refractivity (Wildman–Crippen MR) is 80.7 cm³/mol. The Morgan fingerprint density at radius 2 is 2.00 bits per heavy atom. The maximum atomic E-state index is 14.0. The standard InChI is InChI=1S/C15H21BrF2N2/c1-3-15(4-2)10-20(8-7-19-15)9-11-13(17)6-5-12(16)14(11)18/h5-6,19H,3-4,7-10H2,1-2H3. The number of nitrogens with one attached hydrogen (secondary N) is 1. The van der Waals surface area contributed by atoms with Crippen LogP contribution in [-0.4, -0.2) is 30.1 Å². The van der Waals surface area contributed by atoms with Crippen LogP contribution in [0, 0.1) is 11.6 Å². The van der Waals surface area contributed by atoms with Gasteiger partial charge in [-0.1, -0.05) is 13.8 Å². The highest BCUT2D eigenvalue weighted by molar-refractivity contribution is 9.10. The molecule has 1 aliphatic heterocycles. The molecule has 5 heteroatoms. The molecule has 1 aromatic carbocycles. The van der Waals surface area contributed by atoms with Crippen LogP contribution in [0.1, 0.15) is 32.3 Å². The highest BCUT2D eigenvalue weighted by Gasteiger charge is 2.32. The Morgan fingerprint density at radius 1 is 1.30 bits per heavy atom. The number of benzene rings is 1. The molecule has 0 atom stereocenters. The minimum Gasteiger partial charge on any atom is -0.309 e. The quantitative estimate of drug-likeness (QED) is 0.836. The molecular weight excluding hydrogens is 326 g/mol. The Morgan fingerprint density at radius 3 is 2.65 bits per heavy atom. The first-order valence-electron chi connectivity index (χ1n) is 7.11. The van der Waals surface area contributed by atoms with Gasteiger partial charge in [0.15, 0.2) is 0 Å². The van der Waals surface area contributed by atoms with Crippen molar-refractivity contribution < 1.29 is 8.78 Å². The Bertz CT molecular complexity index is 475. The van der Waals surface area contributed by atoms with Crippen LogP contribution in [0.25, 0.3) is 0 Å². The van der Waals surface area contributed by atoms with Crippen molar-refractivity contribution in [2.45, 2.75) is 38.8 Å². The average molecular weight is 347 g/mol. The third kappa shape index (κ3) is 3.21. The summed E-state index contributed by atoms with van der Waals surface area (Å²) in [6, 6.07) is 2.73. The third-order valence-electron chi connectivity index (χ3n) is 4.33. The molecular formula is C15H21BrF2N2. The molecule has 0 bridgehead atoms. The first-order chi connectivity index (χ1) is 9.51. The van der Waals surface area contributed by atoms with Crippen LogP contribution < -0.4 is 5.32 Å². The SMILES string of the molecule is CCC1(CC)CN(Cc2c(F)ccc(Br)c2F)CCN1. The molecule has 0 aromatic heterocycles. The lowest BCUT2D eigenvalue weighted by atomic mass is 9.90. The highest BCUT2D eigenvalue weighted by atomic mass is 79.9. The van der Waals surface area contributed by atoms with Crippen molar-refractivity contribution in [1.82, 2.24) is 10.2 Å². The molecule has 0 amide bonds. The molecule has 20 heavy (non-hydrogen) atoms. The molecule has 0 spiro atoms. The molecule has 112 valence electrons. The van der Waals surface area contributed by atoms with E-state index in [4.69, 9.17) is 0 Å². The average Bonchev–Trinajstić information content (AvgIpc) is 2.48. The molecule has 1 aliphatic rings. The van der Waals surface area contributed by atoms with Crippen molar-refractivity contribution in [2.75, 3.05) is 19.6 Å². The monoisotopic (exact) mass is 346 g/mol. The summed E-state index contributed by atoms with van der Waals surface area (Å²) in [4.78, 5) is 2.14. The van der Waals surface area contributed by atoms with Crippen LogP contribution in [0.15, 0.2) is 16.6 Å². The fourth-order valence-electron chi connectivity index (χ4n) is 2.84. The van der Waals surface area contributed by atoms with Crippen LogP contribution in [0.3, 0.4) is 0 Å². The van der Waals surface area contributed by atoms with Crippen molar-refractivity contribution in [3.05, 3.63) is 33.8 Å². The Hall–Kier alpha value is -0.520. The first-order valence-corrected chi connectivity index (χ1v) is 7.90. The number of nitrogens with zero attached hydrogens (tertiary/aromatic N) is 1. The topological polar surface area (TPSA) is 15.3 Å². The summed E-state index contributed by atoms with van der Waals surface area (Å²) < 4.78 is 28.2. The second-order valence-corrected chi connectivity index (χ2v) is 6.30. The first kappa shape index (κ1) is 15.9. The zero-order chi connectivity index (χ0) is 14.8. The zero-order valence-electron chi connectivity index (χ0n) is 12.0. The number of hydrogen-bond donors (Lipinski definition) is 1. The summed E-state index contributed by atoms with van der Waals surface area (Å²) in [5.41, 5.74) is 0.222. The molecule has 1 heterocycles. The number of halogens is 3. The maximum absolute atomic E-state index is 14.0. The van der Waals surface area contributed by atoms with E-state index in [9.17, 15) is 8.78 Å². The summed E-state index contributed by atoms with van der Waals surface area (Å²) in [7, 11) is 0. The van der Waals surface area contributed by atoms with Crippen molar-refractivity contribution in [1.29, 1.82) is 0 Å². The van der Waals surface area contributed by atoms with Gasteiger partial charge in [0.25, 0.3) is 0 Å². The van der Waals surface area contributed by atoms with E-state index in [2.05, 4.69) is 40.0 Å². The molecule has 0 saturated carbocycles. The van der Waals surface area contributed by atoms with Gasteiger partial charge < -0.3 is 5.32 Å². The highest BCUT2D eigenvalue weighted by Crippen LogP contribution is 2.25. The lowest BCUT2D eigenvalue weighted by Crippen LogP contribution is -2.59. The molecule has 0 radical (unpaired) electrons. The van der Waals surface area contributed by atoms with Gasteiger partial charge in [0.1, 0.15) is 11.6 Å². The summed E-state index contributed by atoms with van der Waals surface area (Å²) >= 11 is 3.12. The van der Waals surface area contributed by atoms with Gasteiger partial charge in [-0.3, -0.25) is 4.90 Å². The van der Waals surface area contributed by atoms with E-state index in [1.54, 1.807) is 0 Å². The summed E-state index contributed by atoms with van der Waals surface area (Å²) in [6.45, 7) is 7.12. The van der Waals surface area contributed by atoms with Crippen LogP contribution in [0.2, 0.25) is 0 Å². The van der Waals surface area contributed by atoms with Crippen LogP contribution in [-0.2, 0) is 6.54 Å². The molecule has 0 aliphatic carbocycles. The smallest absolute Gasteiger partial charge is 0.144 e. The van der Waals surface area contributed by atoms with Crippen LogP contribution in [0.5, 0.6) is 0 Å². The Kier molecular flexibility index (Phi) is 5.15. The number of rotatable bonds is 4. The third-order valence-corrected chi connectivity index (χ3v) is 4.94. The van der Waals surface area contributed by atoms with Gasteiger partial charge in [0, 0.05) is 37.3 Å². The lowest BCUT2D eigenvalue weighted by Gasteiger charge is -2.43. The van der Waals surface area contributed by atoms with Gasteiger partial charge in [0.2, 0.25) is 0 Å². The van der Waals surface area contributed by atoms with Gasteiger partial charge in [-0.25, -0.2) is 8.78 Å². The fourth-order valence-corrected chi connectivity index (χ4v) is 3.21. The second kappa shape index (κ2) is 6.50. The van der Waals surface area contributed by atoms with Crippen LogP contribution in [0.4, 0.5) is 8.78 Å². The minimum atomic E-state index is -0.484. The molecule has 1 N–H and O–H groups in total. The van der Waals surface area contributed by atoms with Gasteiger partial charge in [-0.15, -0.1) is 0 Å². The minimum absolute atomic E-state index is 0.0667. The number of piperazine rings is 1. The predicted octanol–water partition coefficient (Wildman–Crippen LogP) is 3.69. The second-order valence-electron chi connectivity index (χ2n) is 5.45. The van der Waals surface area contributed by atoms with Crippen molar-refractivity contribution in [3.8, 4) is 0 Å². The van der Waals surface area contributed by atoms with Gasteiger partial charge >= 0.3 is 0 Å². The van der Waals surface area contributed by atoms with Crippen molar-refractivity contribution in [2.24, 2.45) is 0 Å². The zero-order valence-corrected chi connectivity index (χ0v) is 13.6. The van der Waals surface area contributed by atoms with E-state index in [1.165, 1.54) is 12.1 Å². The van der Waals surface area contributed by atoms with E-state index in [0.717, 1.165) is 32.5 Å². The lowest BCUT2D eigenvalue weighted by molar-refractivity contribution is 0.116.